The number of nitrogens with one attached hydrogen (secondary N) is 1. The number of benzene rings is 1. The predicted molar refractivity (Wildman–Crippen MR) is 67.7 cm³/mol. The molecule has 0 saturated carbocycles. The molecule has 1 atom stereocenters. The second kappa shape index (κ2) is 4.85. The molecule has 0 aliphatic heterocycles. The summed E-state index contributed by atoms with van der Waals surface area (Å²) in [5.74, 6) is -0.194. The van der Waals surface area contributed by atoms with Gasteiger partial charge in [-0.25, -0.2) is 0 Å². The Hall–Kier alpha value is -1.06. The highest BCUT2D eigenvalue weighted by molar-refractivity contribution is 6.31. The number of anilines is 1. The third-order valence-electron chi connectivity index (χ3n) is 2.77. The van der Waals surface area contributed by atoms with E-state index in [2.05, 4.69) is 5.32 Å². The van der Waals surface area contributed by atoms with Crippen LogP contribution in [0.5, 0.6) is 0 Å². The van der Waals surface area contributed by atoms with Gasteiger partial charge in [0.1, 0.15) is 0 Å². The Balaban J connectivity index is 2.90. The number of hydrogen-bond donors (Lipinski definition) is 2. The van der Waals surface area contributed by atoms with Crippen LogP contribution in [-0.4, -0.2) is 11.4 Å². The highest BCUT2D eigenvalue weighted by Gasteiger charge is 2.26. The van der Waals surface area contributed by atoms with Crippen molar-refractivity contribution in [3.8, 4) is 0 Å². The van der Waals surface area contributed by atoms with E-state index in [-0.39, 0.29) is 5.91 Å². The molecule has 1 rings (SSSR count). The number of halogens is 1. The minimum absolute atomic E-state index is 0.194. The molecule has 0 fully saturated rings. The topological polar surface area (TPSA) is 55.1 Å². The van der Waals surface area contributed by atoms with Gasteiger partial charge in [0.2, 0.25) is 5.91 Å². The van der Waals surface area contributed by atoms with Crippen LogP contribution in [-0.2, 0) is 4.79 Å². The first-order valence-electron chi connectivity index (χ1n) is 5.24. The summed E-state index contributed by atoms with van der Waals surface area (Å²) < 4.78 is 0. The molecule has 0 aromatic heterocycles. The molecule has 0 aliphatic rings. The van der Waals surface area contributed by atoms with Gasteiger partial charge in [-0.15, -0.1) is 0 Å². The van der Waals surface area contributed by atoms with Crippen molar-refractivity contribution in [2.75, 3.05) is 5.32 Å². The van der Waals surface area contributed by atoms with Crippen molar-refractivity contribution in [2.45, 2.75) is 32.7 Å². The van der Waals surface area contributed by atoms with Crippen LogP contribution >= 0.6 is 11.6 Å². The third kappa shape index (κ3) is 2.74. The molecule has 0 spiro atoms. The Morgan fingerprint density at radius 3 is 2.75 bits per heavy atom. The molecule has 1 aromatic carbocycles. The molecule has 1 unspecified atom stereocenters. The molecule has 88 valence electrons. The molecule has 0 radical (unpaired) electrons. The van der Waals surface area contributed by atoms with E-state index >= 15 is 0 Å². The van der Waals surface area contributed by atoms with Crippen LogP contribution in [0, 0.1) is 6.92 Å². The van der Waals surface area contributed by atoms with E-state index in [9.17, 15) is 4.79 Å². The second-order valence-electron chi connectivity index (χ2n) is 4.14. The highest BCUT2D eigenvalue weighted by Crippen LogP contribution is 2.23. The Morgan fingerprint density at radius 1 is 1.56 bits per heavy atom. The zero-order valence-corrected chi connectivity index (χ0v) is 10.6. The minimum Gasteiger partial charge on any atom is -0.324 e. The molecule has 16 heavy (non-hydrogen) atoms. The summed E-state index contributed by atoms with van der Waals surface area (Å²) in [6.07, 6.45) is 0.582. The van der Waals surface area contributed by atoms with Crippen LogP contribution in [0.2, 0.25) is 5.02 Å². The molecule has 0 aliphatic carbocycles. The molecule has 3 N–H and O–H groups in total. The average Bonchev–Trinajstić information content (AvgIpc) is 2.24. The van der Waals surface area contributed by atoms with Gasteiger partial charge in [-0.3, -0.25) is 4.79 Å². The van der Waals surface area contributed by atoms with Gasteiger partial charge in [-0.2, -0.15) is 0 Å². The first-order valence-corrected chi connectivity index (χ1v) is 5.61. The van der Waals surface area contributed by atoms with Crippen molar-refractivity contribution < 1.29 is 4.79 Å². The molecular weight excluding hydrogens is 224 g/mol. The van der Waals surface area contributed by atoms with E-state index in [1.807, 2.05) is 19.9 Å². The lowest BCUT2D eigenvalue weighted by Gasteiger charge is -2.22. The van der Waals surface area contributed by atoms with Crippen molar-refractivity contribution in [1.29, 1.82) is 0 Å². The molecule has 3 nitrogen and oxygen atoms in total. The first kappa shape index (κ1) is 13.0. The lowest BCUT2D eigenvalue weighted by atomic mass is 9.99. The van der Waals surface area contributed by atoms with Crippen LogP contribution in [0.1, 0.15) is 25.8 Å². The van der Waals surface area contributed by atoms with E-state index in [4.69, 9.17) is 17.3 Å². The third-order valence-corrected chi connectivity index (χ3v) is 3.18. The number of amides is 1. The van der Waals surface area contributed by atoms with Gasteiger partial charge in [0.05, 0.1) is 5.54 Å². The van der Waals surface area contributed by atoms with Crippen molar-refractivity contribution in [3.63, 3.8) is 0 Å². The SMILES string of the molecule is CCC(C)(N)C(=O)Nc1cccc(Cl)c1C. The molecule has 0 saturated heterocycles. The van der Waals surface area contributed by atoms with Gasteiger partial charge in [0.15, 0.2) is 0 Å². The fourth-order valence-electron chi connectivity index (χ4n) is 1.17. The molecular formula is C12H17ClN2O. The number of carbonyl (C=O) groups excluding carboxylic acids is 1. The Morgan fingerprint density at radius 2 is 2.19 bits per heavy atom. The second-order valence-corrected chi connectivity index (χ2v) is 4.54. The van der Waals surface area contributed by atoms with E-state index in [1.165, 1.54) is 0 Å². The van der Waals surface area contributed by atoms with Crippen molar-refractivity contribution in [3.05, 3.63) is 28.8 Å². The summed E-state index contributed by atoms with van der Waals surface area (Å²) in [4.78, 5) is 11.8. The van der Waals surface area contributed by atoms with Crippen LogP contribution < -0.4 is 11.1 Å². The normalized spacial score (nSPS) is 14.3. The Bertz CT molecular complexity index is 402. The van der Waals surface area contributed by atoms with Gasteiger partial charge >= 0.3 is 0 Å². The minimum atomic E-state index is -0.852. The van der Waals surface area contributed by atoms with Crippen LogP contribution in [0.15, 0.2) is 18.2 Å². The smallest absolute Gasteiger partial charge is 0.244 e. The summed E-state index contributed by atoms with van der Waals surface area (Å²) in [6, 6.07) is 5.39. The largest absolute Gasteiger partial charge is 0.324 e. The van der Waals surface area contributed by atoms with Crippen LogP contribution in [0.3, 0.4) is 0 Å². The maximum atomic E-state index is 11.8. The maximum absolute atomic E-state index is 11.8. The van der Waals surface area contributed by atoms with Gasteiger partial charge in [-0.1, -0.05) is 24.6 Å². The fourth-order valence-corrected chi connectivity index (χ4v) is 1.34. The molecule has 1 amide bonds. The summed E-state index contributed by atoms with van der Waals surface area (Å²) in [6.45, 7) is 5.45. The molecule has 4 heteroatoms. The van der Waals surface area contributed by atoms with Gasteiger partial charge in [0, 0.05) is 10.7 Å². The quantitative estimate of drug-likeness (QED) is 0.854. The Labute approximate surface area is 101 Å². The molecule has 1 aromatic rings. The molecule has 0 heterocycles. The van der Waals surface area contributed by atoms with Crippen molar-refractivity contribution >= 4 is 23.2 Å². The van der Waals surface area contributed by atoms with Crippen molar-refractivity contribution in [1.82, 2.24) is 0 Å². The van der Waals surface area contributed by atoms with E-state index in [1.54, 1.807) is 19.1 Å². The average molecular weight is 241 g/mol. The van der Waals surface area contributed by atoms with E-state index in [0.717, 1.165) is 5.56 Å². The monoisotopic (exact) mass is 240 g/mol. The zero-order chi connectivity index (χ0) is 12.3. The predicted octanol–water partition coefficient (Wildman–Crippen LogP) is 2.71. The van der Waals surface area contributed by atoms with Crippen LogP contribution in [0.4, 0.5) is 5.69 Å². The number of carbonyl (C=O) groups is 1. The zero-order valence-electron chi connectivity index (χ0n) is 9.80. The Kier molecular flexibility index (Phi) is 3.94. The summed E-state index contributed by atoms with van der Waals surface area (Å²) in [5.41, 5.74) is 6.56. The summed E-state index contributed by atoms with van der Waals surface area (Å²) in [7, 11) is 0. The van der Waals surface area contributed by atoms with Gasteiger partial charge in [0.25, 0.3) is 0 Å². The lowest BCUT2D eigenvalue weighted by Crippen LogP contribution is -2.47. The van der Waals surface area contributed by atoms with E-state index in [0.29, 0.717) is 17.1 Å². The highest BCUT2D eigenvalue weighted by atomic mass is 35.5. The number of rotatable bonds is 3. The van der Waals surface area contributed by atoms with E-state index < -0.39 is 5.54 Å². The lowest BCUT2D eigenvalue weighted by molar-refractivity contribution is -0.120. The number of hydrogen-bond acceptors (Lipinski definition) is 2. The standard InChI is InChI=1S/C12H17ClN2O/c1-4-12(3,14)11(16)15-10-7-5-6-9(13)8(10)2/h5-7H,4,14H2,1-3H3,(H,15,16). The fraction of sp³-hybridized carbons (Fsp3) is 0.417. The summed E-state index contributed by atoms with van der Waals surface area (Å²) >= 11 is 5.96. The van der Waals surface area contributed by atoms with Crippen molar-refractivity contribution in [2.24, 2.45) is 5.73 Å². The first-order chi connectivity index (χ1) is 7.38. The van der Waals surface area contributed by atoms with Gasteiger partial charge in [-0.05, 0) is 38.0 Å². The van der Waals surface area contributed by atoms with Crippen LogP contribution in [0.25, 0.3) is 0 Å². The maximum Gasteiger partial charge on any atom is 0.244 e. The molecule has 0 bridgehead atoms. The summed E-state index contributed by atoms with van der Waals surface area (Å²) in [5, 5.41) is 3.43. The van der Waals surface area contributed by atoms with Gasteiger partial charge < -0.3 is 11.1 Å². The number of nitrogens with two attached hydrogens (primary N) is 1.